The average Bonchev–Trinajstić information content (AvgIpc) is 2.73. The number of aromatic hydroxyl groups is 2. The lowest BCUT2D eigenvalue weighted by molar-refractivity contribution is -0.232. The van der Waals surface area contributed by atoms with E-state index in [1.54, 1.807) is 6.07 Å². The molecule has 160 valence electrons. The number of ketones is 1. The van der Waals surface area contributed by atoms with E-state index in [1.807, 2.05) is 0 Å². The molecule has 0 radical (unpaired) electrons. The molecule has 1 fully saturated rings. The molecule has 1 aliphatic heterocycles. The Hall–Kier alpha value is -2.53. The van der Waals surface area contributed by atoms with Crippen molar-refractivity contribution in [3.8, 4) is 11.5 Å². The Kier molecular flexibility index (Phi) is 5.27. The lowest BCUT2D eigenvalue weighted by Crippen LogP contribution is -2.60. The SMILES string of the molecule is O=C1c2c(O)cccc2[C@@H]([C@@H]2O[C@H](CO)[C@@H](O)[C@H](O)[C@@H]2O)c2cc(CO)cc(O)c21. The Morgan fingerprint density at radius 2 is 1.57 bits per heavy atom. The highest BCUT2D eigenvalue weighted by Gasteiger charge is 2.50. The second-order valence-corrected chi connectivity index (χ2v) is 7.58. The summed E-state index contributed by atoms with van der Waals surface area (Å²) < 4.78 is 5.73. The number of rotatable bonds is 3. The molecular formula is C21H22O9. The summed E-state index contributed by atoms with van der Waals surface area (Å²) in [4.78, 5) is 13.1. The van der Waals surface area contributed by atoms with Crippen LogP contribution in [-0.4, -0.2) is 78.7 Å². The van der Waals surface area contributed by atoms with Crippen LogP contribution in [0.1, 0.15) is 38.5 Å². The minimum absolute atomic E-state index is 0.0843. The third-order valence-corrected chi connectivity index (χ3v) is 5.85. The summed E-state index contributed by atoms with van der Waals surface area (Å²) >= 11 is 0. The van der Waals surface area contributed by atoms with E-state index in [4.69, 9.17) is 4.74 Å². The Balaban J connectivity index is 1.96. The molecule has 0 unspecified atom stereocenters. The van der Waals surface area contributed by atoms with Gasteiger partial charge in [0.1, 0.15) is 35.9 Å². The zero-order chi connectivity index (χ0) is 21.7. The monoisotopic (exact) mass is 418 g/mol. The molecule has 0 amide bonds. The summed E-state index contributed by atoms with van der Waals surface area (Å²) in [5, 5.41) is 71.0. The molecule has 0 spiro atoms. The fraction of sp³-hybridized carbons (Fsp3) is 0.381. The lowest BCUT2D eigenvalue weighted by atomic mass is 9.71. The molecule has 2 aliphatic rings. The smallest absolute Gasteiger partial charge is 0.201 e. The Morgan fingerprint density at radius 3 is 2.23 bits per heavy atom. The second kappa shape index (κ2) is 7.62. The number of hydrogen-bond acceptors (Lipinski definition) is 9. The quantitative estimate of drug-likeness (QED) is 0.334. The number of carbonyl (C=O) groups excluding carboxylic acids is 1. The first-order valence-corrected chi connectivity index (χ1v) is 9.43. The van der Waals surface area contributed by atoms with E-state index in [0.29, 0.717) is 5.56 Å². The molecule has 2 aromatic carbocycles. The molecule has 6 atom stereocenters. The van der Waals surface area contributed by atoms with Crippen LogP contribution >= 0.6 is 0 Å². The van der Waals surface area contributed by atoms with Gasteiger partial charge in [-0.3, -0.25) is 4.79 Å². The van der Waals surface area contributed by atoms with Crippen molar-refractivity contribution in [3.63, 3.8) is 0 Å². The van der Waals surface area contributed by atoms with Gasteiger partial charge in [0.25, 0.3) is 0 Å². The third-order valence-electron chi connectivity index (χ3n) is 5.85. The molecular weight excluding hydrogens is 396 g/mol. The van der Waals surface area contributed by atoms with Gasteiger partial charge in [-0.05, 0) is 28.8 Å². The Labute approximate surface area is 171 Å². The zero-order valence-electron chi connectivity index (χ0n) is 15.7. The molecule has 7 N–H and O–H groups in total. The predicted molar refractivity (Wildman–Crippen MR) is 101 cm³/mol. The van der Waals surface area contributed by atoms with Crippen LogP contribution in [-0.2, 0) is 11.3 Å². The summed E-state index contributed by atoms with van der Waals surface area (Å²) in [5.74, 6) is -2.34. The van der Waals surface area contributed by atoms with Gasteiger partial charge in [-0.1, -0.05) is 18.2 Å². The number of fused-ring (bicyclic) bond motifs is 2. The minimum atomic E-state index is -1.64. The second-order valence-electron chi connectivity index (χ2n) is 7.58. The Bertz CT molecular complexity index is 987. The maximum absolute atomic E-state index is 13.1. The van der Waals surface area contributed by atoms with Crippen molar-refractivity contribution in [1.29, 1.82) is 0 Å². The number of hydrogen-bond donors (Lipinski definition) is 7. The van der Waals surface area contributed by atoms with Crippen molar-refractivity contribution in [2.45, 2.75) is 43.0 Å². The molecule has 1 saturated heterocycles. The summed E-state index contributed by atoms with van der Waals surface area (Å²) in [6.45, 7) is -1.06. The number of benzene rings is 2. The minimum Gasteiger partial charge on any atom is -0.507 e. The number of phenols is 2. The van der Waals surface area contributed by atoms with Crippen LogP contribution in [0.5, 0.6) is 11.5 Å². The first kappa shape index (κ1) is 20.7. The highest BCUT2D eigenvalue weighted by Crippen LogP contribution is 2.47. The third kappa shape index (κ3) is 2.99. The van der Waals surface area contributed by atoms with Crippen LogP contribution in [0.3, 0.4) is 0 Å². The molecule has 0 saturated carbocycles. The maximum Gasteiger partial charge on any atom is 0.201 e. The van der Waals surface area contributed by atoms with Crippen LogP contribution in [0, 0.1) is 0 Å². The molecule has 30 heavy (non-hydrogen) atoms. The zero-order valence-corrected chi connectivity index (χ0v) is 15.7. The summed E-state index contributed by atoms with van der Waals surface area (Å²) in [6, 6.07) is 7.06. The van der Waals surface area contributed by atoms with Crippen molar-refractivity contribution < 1.29 is 45.3 Å². The fourth-order valence-corrected chi connectivity index (χ4v) is 4.41. The first-order chi connectivity index (χ1) is 14.3. The fourth-order valence-electron chi connectivity index (χ4n) is 4.41. The van der Waals surface area contributed by atoms with Gasteiger partial charge >= 0.3 is 0 Å². The summed E-state index contributed by atoms with van der Waals surface area (Å²) in [6.07, 6.45) is -7.22. The van der Waals surface area contributed by atoms with E-state index >= 15 is 0 Å². The molecule has 0 bridgehead atoms. The van der Waals surface area contributed by atoms with Crippen LogP contribution in [0.4, 0.5) is 0 Å². The number of aliphatic hydroxyl groups excluding tert-OH is 5. The molecule has 1 aliphatic carbocycles. The predicted octanol–water partition coefficient (Wildman–Crippen LogP) is -0.891. The van der Waals surface area contributed by atoms with Gasteiger partial charge in [-0.2, -0.15) is 0 Å². The number of carbonyl (C=O) groups is 1. The normalized spacial score (nSPS) is 30.6. The van der Waals surface area contributed by atoms with Crippen molar-refractivity contribution in [2.24, 2.45) is 0 Å². The largest absolute Gasteiger partial charge is 0.507 e. The van der Waals surface area contributed by atoms with Crippen LogP contribution in [0.15, 0.2) is 30.3 Å². The van der Waals surface area contributed by atoms with E-state index in [2.05, 4.69) is 0 Å². The van der Waals surface area contributed by atoms with Gasteiger partial charge < -0.3 is 40.5 Å². The molecule has 2 aromatic rings. The van der Waals surface area contributed by atoms with Crippen LogP contribution in [0.25, 0.3) is 0 Å². The van der Waals surface area contributed by atoms with Crippen molar-refractivity contribution in [1.82, 2.24) is 0 Å². The van der Waals surface area contributed by atoms with Gasteiger partial charge in [0.15, 0.2) is 0 Å². The van der Waals surface area contributed by atoms with Crippen LogP contribution in [0.2, 0.25) is 0 Å². The molecule has 4 rings (SSSR count). The molecule has 0 aromatic heterocycles. The standard InChI is InChI=1S/C21H22O9/c22-6-8-4-10-14(21-20(29)19(28)17(26)13(7-23)30-21)9-2-1-3-11(24)15(9)18(27)16(10)12(25)5-8/h1-5,13-14,17,19-26,28-29H,6-7H2/t13-,14-,17-,19+,20+,21+/m1/s1. The maximum atomic E-state index is 13.1. The van der Waals surface area contributed by atoms with Gasteiger partial charge in [0.05, 0.1) is 30.4 Å². The van der Waals surface area contributed by atoms with E-state index in [-0.39, 0.29) is 28.0 Å². The lowest BCUT2D eigenvalue weighted by Gasteiger charge is -2.45. The summed E-state index contributed by atoms with van der Waals surface area (Å²) in [5.41, 5.74) is 0.609. The number of ether oxygens (including phenoxy) is 1. The molecule has 1 heterocycles. The highest BCUT2D eigenvalue weighted by molar-refractivity contribution is 6.16. The van der Waals surface area contributed by atoms with Crippen molar-refractivity contribution >= 4 is 5.78 Å². The van der Waals surface area contributed by atoms with E-state index in [9.17, 15) is 40.5 Å². The van der Waals surface area contributed by atoms with Crippen LogP contribution < -0.4 is 0 Å². The van der Waals surface area contributed by atoms with Crippen molar-refractivity contribution in [2.75, 3.05) is 6.61 Å². The molecule has 9 nitrogen and oxygen atoms in total. The van der Waals surface area contributed by atoms with Crippen molar-refractivity contribution in [3.05, 3.63) is 58.1 Å². The Morgan fingerprint density at radius 1 is 0.867 bits per heavy atom. The number of aliphatic hydroxyl groups is 5. The highest BCUT2D eigenvalue weighted by atomic mass is 16.5. The van der Waals surface area contributed by atoms with E-state index in [0.717, 1.165) is 0 Å². The first-order valence-electron chi connectivity index (χ1n) is 9.43. The molecule has 9 heteroatoms. The van der Waals surface area contributed by atoms with Gasteiger partial charge in [-0.25, -0.2) is 0 Å². The van der Waals surface area contributed by atoms with Gasteiger partial charge in [0.2, 0.25) is 5.78 Å². The summed E-state index contributed by atoms with van der Waals surface area (Å²) in [7, 11) is 0. The van der Waals surface area contributed by atoms with E-state index < -0.39 is 61.2 Å². The number of phenolic OH excluding ortho intramolecular Hbond substituents is 2. The van der Waals surface area contributed by atoms with Gasteiger partial charge in [-0.15, -0.1) is 0 Å². The van der Waals surface area contributed by atoms with Gasteiger partial charge in [0, 0.05) is 5.92 Å². The van der Waals surface area contributed by atoms with E-state index in [1.165, 1.54) is 24.3 Å². The topological polar surface area (TPSA) is 168 Å². The average molecular weight is 418 g/mol.